The minimum atomic E-state index is -3.84. The maximum Gasteiger partial charge on any atom is 0.342 e. The number of ether oxygens (including phenoxy) is 1. The molecule has 4 aromatic rings. The fourth-order valence-electron chi connectivity index (χ4n) is 3.17. The van der Waals surface area contributed by atoms with Crippen molar-refractivity contribution >= 4 is 65.6 Å². The molecule has 0 saturated carbocycles. The van der Waals surface area contributed by atoms with Gasteiger partial charge in [0.05, 0.1) is 10.2 Å². The monoisotopic (exact) mass is 517 g/mol. The van der Waals surface area contributed by atoms with Crippen LogP contribution in [0.5, 0.6) is 5.75 Å². The Kier molecular flexibility index (Phi) is 6.55. The zero-order valence-electron chi connectivity index (χ0n) is 18.0. The molecule has 4 rings (SSSR count). The Bertz CT molecular complexity index is 1490. The number of thiazole rings is 1. The number of esters is 1. The van der Waals surface area contributed by atoms with Gasteiger partial charge in [0.1, 0.15) is 15.5 Å². The summed E-state index contributed by atoms with van der Waals surface area (Å²) >= 11 is 2.34. The molecule has 0 atom stereocenters. The van der Waals surface area contributed by atoms with Gasteiger partial charge in [-0.05, 0) is 60.7 Å². The highest BCUT2D eigenvalue weighted by atomic mass is 32.2. The van der Waals surface area contributed by atoms with Gasteiger partial charge in [-0.3, -0.25) is 14.8 Å². The van der Waals surface area contributed by atoms with E-state index in [1.165, 1.54) is 23.5 Å². The molecule has 2 heterocycles. The van der Waals surface area contributed by atoms with Crippen molar-refractivity contribution in [2.24, 2.45) is 0 Å². The first-order chi connectivity index (χ1) is 16.1. The molecule has 2 aromatic carbocycles. The largest absolute Gasteiger partial charge is 0.507 e. The second-order valence-corrected chi connectivity index (χ2v) is 11.2. The highest BCUT2D eigenvalue weighted by molar-refractivity contribution is 7.94. The third-order valence-electron chi connectivity index (χ3n) is 4.64. The maximum absolute atomic E-state index is 12.4. The molecule has 0 unspecified atom stereocenters. The number of hydrogen-bond acceptors (Lipinski definition) is 9. The summed E-state index contributed by atoms with van der Waals surface area (Å²) in [5.74, 6) is -2.00. The Morgan fingerprint density at radius 2 is 1.94 bits per heavy atom. The van der Waals surface area contributed by atoms with Gasteiger partial charge >= 0.3 is 5.97 Å². The summed E-state index contributed by atoms with van der Waals surface area (Å²) in [4.78, 5) is 29.1. The lowest BCUT2D eigenvalue weighted by atomic mass is 10.1. The van der Waals surface area contributed by atoms with Crippen LogP contribution in [0.25, 0.3) is 10.2 Å². The summed E-state index contributed by atoms with van der Waals surface area (Å²) in [7, 11) is -3.84. The Balaban J connectivity index is 1.41. The molecule has 176 valence electrons. The smallest absolute Gasteiger partial charge is 0.342 e. The van der Waals surface area contributed by atoms with Crippen molar-refractivity contribution in [1.82, 2.24) is 4.98 Å². The standard InChI is InChI=1S/C22H19N3O6S3/c1-12-8-13(2)20-17(9-12)33-22(24-20)23-18(27)11-31-21(28)15-10-14(5-6-16(15)26)25-34(29,30)19-4-3-7-32-19/h3-10,25-26H,11H2,1-2H3,(H,23,24,27). The van der Waals surface area contributed by atoms with E-state index in [-0.39, 0.29) is 15.5 Å². The van der Waals surface area contributed by atoms with Crippen LogP contribution in [0.2, 0.25) is 0 Å². The number of aromatic nitrogens is 1. The Labute approximate surface area is 203 Å². The van der Waals surface area contributed by atoms with Gasteiger partial charge in [-0.15, -0.1) is 11.3 Å². The zero-order valence-corrected chi connectivity index (χ0v) is 20.4. The van der Waals surface area contributed by atoms with Gasteiger partial charge in [-0.25, -0.2) is 18.2 Å². The Morgan fingerprint density at radius 1 is 1.15 bits per heavy atom. The highest BCUT2D eigenvalue weighted by Gasteiger charge is 2.20. The molecule has 34 heavy (non-hydrogen) atoms. The molecule has 0 fully saturated rings. The van der Waals surface area contributed by atoms with E-state index in [1.54, 1.807) is 11.4 Å². The van der Waals surface area contributed by atoms with Crippen molar-refractivity contribution in [2.45, 2.75) is 18.1 Å². The summed E-state index contributed by atoms with van der Waals surface area (Å²) in [6.45, 7) is 3.29. The number of nitrogens with zero attached hydrogens (tertiary/aromatic N) is 1. The summed E-state index contributed by atoms with van der Waals surface area (Å²) < 4.78 is 33.1. The number of benzene rings is 2. The van der Waals surface area contributed by atoms with Crippen molar-refractivity contribution in [1.29, 1.82) is 0 Å². The molecule has 0 radical (unpaired) electrons. The van der Waals surface area contributed by atoms with Crippen LogP contribution in [0.4, 0.5) is 10.8 Å². The van der Waals surface area contributed by atoms with Crippen molar-refractivity contribution in [3.05, 3.63) is 64.5 Å². The number of fused-ring (bicyclic) bond motifs is 1. The third kappa shape index (κ3) is 5.19. The molecule has 3 N–H and O–H groups in total. The second-order valence-electron chi connectivity index (χ2n) is 7.34. The number of thiophene rings is 1. The van der Waals surface area contributed by atoms with Crippen molar-refractivity contribution in [2.75, 3.05) is 16.6 Å². The number of rotatable bonds is 7. The van der Waals surface area contributed by atoms with Crippen LogP contribution >= 0.6 is 22.7 Å². The molecule has 1 amide bonds. The lowest BCUT2D eigenvalue weighted by Gasteiger charge is -2.10. The average molecular weight is 518 g/mol. The van der Waals surface area contributed by atoms with E-state index in [2.05, 4.69) is 15.0 Å². The minimum absolute atomic E-state index is 0.0581. The van der Waals surface area contributed by atoms with E-state index >= 15 is 0 Å². The quantitative estimate of drug-likeness (QED) is 0.246. The van der Waals surface area contributed by atoms with Crippen LogP contribution < -0.4 is 10.0 Å². The first-order valence-electron chi connectivity index (χ1n) is 9.86. The van der Waals surface area contributed by atoms with Gasteiger partial charge < -0.3 is 9.84 Å². The highest BCUT2D eigenvalue weighted by Crippen LogP contribution is 2.29. The van der Waals surface area contributed by atoms with Gasteiger partial charge in [0, 0.05) is 5.69 Å². The van der Waals surface area contributed by atoms with Gasteiger partial charge in [0.15, 0.2) is 11.7 Å². The van der Waals surface area contributed by atoms with Crippen LogP contribution in [-0.4, -0.2) is 37.0 Å². The molecule has 0 saturated heterocycles. The maximum atomic E-state index is 12.4. The number of amides is 1. The van der Waals surface area contributed by atoms with Gasteiger partial charge in [0.25, 0.3) is 15.9 Å². The van der Waals surface area contributed by atoms with Gasteiger partial charge in [-0.1, -0.05) is 23.5 Å². The van der Waals surface area contributed by atoms with Crippen LogP contribution in [0, 0.1) is 13.8 Å². The number of carbonyl (C=O) groups excluding carboxylic acids is 2. The Hall–Kier alpha value is -3.48. The first kappa shape index (κ1) is 23.7. The molecule has 9 nitrogen and oxygen atoms in total. The van der Waals surface area contributed by atoms with Crippen LogP contribution in [-0.2, 0) is 19.6 Å². The fraction of sp³-hybridized carbons (Fsp3) is 0.136. The predicted molar refractivity (Wildman–Crippen MR) is 131 cm³/mol. The summed E-state index contributed by atoms with van der Waals surface area (Å²) in [6.07, 6.45) is 0. The number of carbonyl (C=O) groups is 2. The van der Waals surface area contributed by atoms with Crippen LogP contribution in [0.3, 0.4) is 0 Å². The molecule has 0 bridgehead atoms. The average Bonchev–Trinajstić information content (AvgIpc) is 3.44. The predicted octanol–water partition coefficient (Wildman–Crippen LogP) is 4.28. The lowest BCUT2D eigenvalue weighted by molar-refractivity contribution is -0.119. The molecule has 2 aromatic heterocycles. The number of anilines is 2. The Morgan fingerprint density at radius 3 is 2.68 bits per heavy atom. The number of nitrogens with one attached hydrogen (secondary N) is 2. The second kappa shape index (κ2) is 9.41. The van der Waals surface area contributed by atoms with Gasteiger partial charge in [0.2, 0.25) is 0 Å². The summed E-state index contributed by atoms with van der Waals surface area (Å²) in [5, 5.41) is 14.6. The molecule has 12 heteroatoms. The van der Waals surface area contributed by atoms with E-state index in [1.807, 2.05) is 26.0 Å². The van der Waals surface area contributed by atoms with Crippen molar-refractivity contribution in [3.63, 3.8) is 0 Å². The topological polar surface area (TPSA) is 135 Å². The van der Waals surface area contributed by atoms with Crippen LogP contribution in [0.15, 0.2) is 52.1 Å². The van der Waals surface area contributed by atoms with Crippen molar-refractivity contribution < 1.29 is 27.9 Å². The number of aromatic hydroxyl groups is 1. The molecule has 0 aliphatic rings. The molecule has 0 aliphatic heterocycles. The summed E-state index contributed by atoms with van der Waals surface area (Å²) in [5.41, 5.74) is 2.63. The molecular formula is C22H19N3O6S3. The van der Waals surface area contributed by atoms with E-state index < -0.39 is 34.3 Å². The summed E-state index contributed by atoms with van der Waals surface area (Å²) in [6, 6.07) is 10.6. The zero-order chi connectivity index (χ0) is 24.5. The minimum Gasteiger partial charge on any atom is -0.507 e. The SMILES string of the molecule is Cc1cc(C)c2nc(NC(=O)COC(=O)c3cc(NS(=O)(=O)c4cccs4)ccc3O)sc2c1. The lowest BCUT2D eigenvalue weighted by Crippen LogP contribution is -2.21. The number of phenolic OH excluding ortho intramolecular Hbond substituents is 1. The molecule has 0 spiro atoms. The van der Waals surface area contributed by atoms with Crippen molar-refractivity contribution in [3.8, 4) is 5.75 Å². The number of hydrogen-bond donors (Lipinski definition) is 3. The normalized spacial score (nSPS) is 11.4. The number of sulfonamides is 1. The van der Waals surface area contributed by atoms with E-state index in [0.717, 1.165) is 44.8 Å². The third-order valence-corrected chi connectivity index (χ3v) is 8.34. The van der Waals surface area contributed by atoms with Crippen LogP contribution in [0.1, 0.15) is 21.5 Å². The number of aryl methyl sites for hydroxylation is 2. The number of phenols is 1. The van der Waals surface area contributed by atoms with E-state index in [0.29, 0.717) is 5.13 Å². The van der Waals surface area contributed by atoms with E-state index in [4.69, 9.17) is 4.74 Å². The fourth-order valence-corrected chi connectivity index (χ4v) is 6.27. The first-order valence-corrected chi connectivity index (χ1v) is 13.0. The van der Waals surface area contributed by atoms with Gasteiger partial charge in [-0.2, -0.15) is 0 Å². The van der Waals surface area contributed by atoms with E-state index in [9.17, 15) is 23.1 Å². The molecule has 0 aliphatic carbocycles. The molecular weight excluding hydrogens is 498 g/mol.